The van der Waals surface area contributed by atoms with Gasteiger partial charge in [-0.2, -0.15) is 5.10 Å². The van der Waals surface area contributed by atoms with Gasteiger partial charge in [-0.3, -0.25) is 4.79 Å². The van der Waals surface area contributed by atoms with E-state index in [9.17, 15) is 13.6 Å². The number of nitrogens with one attached hydrogen (secondary N) is 1. The molecule has 6 heterocycles. The van der Waals surface area contributed by atoms with Crippen LogP contribution < -0.4 is 10.2 Å². The quantitative estimate of drug-likeness (QED) is 0.276. The molecule has 262 valence electrons. The summed E-state index contributed by atoms with van der Waals surface area (Å²) in [4.78, 5) is 37.1. The number of anilines is 2. The van der Waals surface area contributed by atoms with Gasteiger partial charge in [0.1, 0.15) is 41.3 Å². The average Bonchev–Trinajstić information content (AvgIpc) is 3.82. The number of carbonyl (C=O) groups is 1. The molecule has 6 aromatic rings. The van der Waals surface area contributed by atoms with Crippen molar-refractivity contribution in [2.45, 2.75) is 44.7 Å². The summed E-state index contributed by atoms with van der Waals surface area (Å²) in [5.41, 5.74) is 4.77. The summed E-state index contributed by atoms with van der Waals surface area (Å²) in [6, 6.07) is 12.4. The van der Waals surface area contributed by atoms with E-state index in [1.54, 1.807) is 32.4 Å². The van der Waals surface area contributed by atoms with Gasteiger partial charge < -0.3 is 29.2 Å². The highest BCUT2D eigenvalue weighted by Gasteiger charge is 2.41. The number of pyridine rings is 1. The lowest BCUT2D eigenvalue weighted by atomic mass is 10.1. The summed E-state index contributed by atoms with van der Waals surface area (Å²) < 4.78 is 43.6. The molecular weight excluding hydrogens is 658 g/mol. The Labute approximate surface area is 291 Å². The van der Waals surface area contributed by atoms with Gasteiger partial charge in [-0.25, -0.2) is 33.4 Å². The summed E-state index contributed by atoms with van der Waals surface area (Å²) in [5.74, 6) is 0.345. The summed E-state index contributed by atoms with van der Waals surface area (Å²) in [5, 5.41) is 8.53. The van der Waals surface area contributed by atoms with Gasteiger partial charge in [0, 0.05) is 52.0 Å². The minimum Gasteiger partial charge on any atom is -0.380 e. The molecule has 0 aliphatic carbocycles. The van der Waals surface area contributed by atoms with Crippen LogP contribution in [0.15, 0.2) is 61.1 Å². The van der Waals surface area contributed by atoms with Crippen LogP contribution in [0.4, 0.5) is 20.4 Å². The number of aromatic nitrogens is 7. The SMILES string of the molecule is COCc1cc2nc(c1)-c1cccc3nc(C)n(c13)CC(OC)CN(C)C(=O)[C@@H]1C[C@@H](CN1c1ncnc3c1cnn3-c1ccc(F)cc1F)N2. The Hall–Kier alpha value is -5.54. The molecule has 13 nitrogen and oxygen atoms in total. The number of nitrogens with zero attached hydrogens (tertiary/aromatic N) is 9. The first kappa shape index (κ1) is 32.7. The number of hydrogen-bond donors (Lipinski definition) is 1. The second-order valence-electron chi connectivity index (χ2n) is 13.0. The maximum atomic E-state index is 14.9. The number of rotatable bonds is 5. The minimum absolute atomic E-state index is 0.0428. The van der Waals surface area contributed by atoms with E-state index in [4.69, 9.17) is 19.4 Å². The number of ether oxygens (including phenoxy) is 2. The van der Waals surface area contributed by atoms with Crippen molar-refractivity contribution in [2.75, 3.05) is 44.6 Å². The Kier molecular flexibility index (Phi) is 8.30. The molecule has 0 saturated carbocycles. The predicted octanol–water partition coefficient (Wildman–Crippen LogP) is 4.51. The van der Waals surface area contributed by atoms with Crippen LogP contribution in [0.25, 0.3) is 39.0 Å². The van der Waals surface area contributed by atoms with Gasteiger partial charge in [-0.05, 0) is 49.2 Å². The van der Waals surface area contributed by atoms with E-state index in [-0.39, 0.29) is 23.7 Å². The monoisotopic (exact) mass is 694 g/mol. The Morgan fingerprint density at radius 1 is 1.02 bits per heavy atom. The van der Waals surface area contributed by atoms with Crippen molar-refractivity contribution < 1.29 is 23.0 Å². The highest BCUT2D eigenvalue weighted by atomic mass is 19.1. The largest absolute Gasteiger partial charge is 0.380 e. The second-order valence-corrected chi connectivity index (χ2v) is 13.0. The maximum Gasteiger partial charge on any atom is 0.245 e. The fourth-order valence-corrected chi connectivity index (χ4v) is 7.35. The molecule has 2 aromatic carbocycles. The summed E-state index contributed by atoms with van der Waals surface area (Å²) in [7, 11) is 5.08. The number of para-hydroxylation sites is 1. The molecule has 4 aromatic heterocycles. The number of imidazole rings is 1. The number of halogens is 2. The van der Waals surface area contributed by atoms with Crippen LogP contribution in [-0.2, 0) is 27.4 Å². The molecule has 1 saturated heterocycles. The first-order valence-corrected chi connectivity index (χ1v) is 16.6. The summed E-state index contributed by atoms with van der Waals surface area (Å²) >= 11 is 0. The molecule has 2 aliphatic heterocycles. The van der Waals surface area contributed by atoms with Crippen molar-refractivity contribution in [1.29, 1.82) is 0 Å². The lowest BCUT2D eigenvalue weighted by Gasteiger charge is -2.30. The lowest BCUT2D eigenvalue weighted by Crippen LogP contribution is -2.47. The average molecular weight is 695 g/mol. The summed E-state index contributed by atoms with van der Waals surface area (Å²) in [6.07, 6.45) is 3.00. The van der Waals surface area contributed by atoms with Crippen molar-refractivity contribution in [3.05, 3.63) is 84.1 Å². The van der Waals surface area contributed by atoms with Crippen molar-refractivity contribution in [2.24, 2.45) is 0 Å². The molecule has 1 amide bonds. The van der Waals surface area contributed by atoms with Crippen LogP contribution in [-0.4, -0.2) is 97.6 Å². The number of carbonyl (C=O) groups excluding carboxylic acids is 1. The molecule has 4 bridgehead atoms. The zero-order valence-corrected chi connectivity index (χ0v) is 28.5. The molecule has 51 heavy (non-hydrogen) atoms. The van der Waals surface area contributed by atoms with Crippen molar-refractivity contribution >= 4 is 39.6 Å². The van der Waals surface area contributed by atoms with Crippen LogP contribution in [0.2, 0.25) is 0 Å². The van der Waals surface area contributed by atoms with E-state index in [2.05, 4.69) is 25.0 Å². The van der Waals surface area contributed by atoms with Gasteiger partial charge in [-0.1, -0.05) is 12.1 Å². The molecule has 3 atom stereocenters. The first-order chi connectivity index (χ1) is 24.7. The fourth-order valence-electron chi connectivity index (χ4n) is 7.35. The number of hydrogen-bond acceptors (Lipinski definition) is 10. The Bertz CT molecular complexity index is 2290. The van der Waals surface area contributed by atoms with Crippen LogP contribution in [0.1, 0.15) is 17.8 Å². The number of amides is 1. The molecular formula is C36H36F2N10O3. The van der Waals surface area contributed by atoms with E-state index in [0.29, 0.717) is 55.3 Å². The Balaban J connectivity index is 1.24. The molecule has 1 unspecified atom stereocenters. The molecule has 1 N–H and O–H groups in total. The van der Waals surface area contributed by atoms with Gasteiger partial charge in [0.05, 0.1) is 47.6 Å². The smallest absolute Gasteiger partial charge is 0.245 e. The number of benzene rings is 2. The van der Waals surface area contributed by atoms with E-state index < -0.39 is 17.7 Å². The van der Waals surface area contributed by atoms with Crippen LogP contribution >= 0.6 is 0 Å². The Morgan fingerprint density at radius 3 is 2.69 bits per heavy atom. The first-order valence-electron chi connectivity index (χ1n) is 16.6. The minimum atomic E-state index is -0.780. The second kappa shape index (κ2) is 13.0. The molecule has 0 radical (unpaired) electrons. The third-order valence-electron chi connectivity index (χ3n) is 9.70. The fraction of sp³-hybridized carbons (Fsp3) is 0.333. The van der Waals surface area contributed by atoms with Crippen molar-refractivity contribution in [3.8, 4) is 16.9 Å². The number of likely N-dealkylation sites (N-methyl/N-ethyl adjacent to an activating group) is 1. The summed E-state index contributed by atoms with van der Waals surface area (Å²) in [6.45, 7) is 3.52. The topological polar surface area (TPSA) is 128 Å². The highest BCUT2D eigenvalue weighted by molar-refractivity contribution is 5.94. The molecule has 1 fully saturated rings. The molecule has 2 aliphatic rings. The Morgan fingerprint density at radius 2 is 1.88 bits per heavy atom. The molecule has 0 spiro atoms. The zero-order chi connectivity index (χ0) is 35.4. The van der Waals surface area contributed by atoms with Crippen molar-refractivity contribution in [3.63, 3.8) is 0 Å². The van der Waals surface area contributed by atoms with Gasteiger partial charge in [0.2, 0.25) is 5.91 Å². The number of methoxy groups -OCH3 is 2. The lowest BCUT2D eigenvalue weighted by molar-refractivity contribution is -0.132. The standard InChI is InChI=1S/C36H36F2N10O3/c1-20-42-28-7-5-6-25-29-10-21(18-50-3)11-32(44-29)43-23-13-31(36(49)45(2)16-24(51-4)17-46(20)33(25)28)47(15-23)34-26-14-41-48(35(26)40-19-39-34)30-9-8-22(37)12-27(30)38/h5-12,14,19,23-24,31H,13,15-18H2,1-4H3,(H,43,44)/t23-,24?,31-/m0/s1. The zero-order valence-electron chi connectivity index (χ0n) is 28.5. The maximum absolute atomic E-state index is 14.9. The normalized spacial score (nSPS) is 19.4. The van der Waals surface area contributed by atoms with E-state index >= 15 is 0 Å². The van der Waals surface area contributed by atoms with Crippen molar-refractivity contribution in [1.82, 2.24) is 39.2 Å². The van der Waals surface area contributed by atoms with Crippen LogP contribution in [0, 0.1) is 18.6 Å². The highest BCUT2D eigenvalue weighted by Crippen LogP contribution is 2.35. The van der Waals surface area contributed by atoms with Gasteiger partial charge >= 0.3 is 0 Å². The molecule has 8 rings (SSSR count). The third-order valence-corrected chi connectivity index (χ3v) is 9.70. The third kappa shape index (κ3) is 5.81. The van der Waals surface area contributed by atoms with Crippen LogP contribution in [0.3, 0.4) is 0 Å². The van der Waals surface area contributed by atoms with E-state index in [1.807, 2.05) is 42.2 Å². The van der Waals surface area contributed by atoms with E-state index in [0.717, 1.165) is 45.8 Å². The predicted molar refractivity (Wildman–Crippen MR) is 187 cm³/mol. The van der Waals surface area contributed by atoms with Crippen LogP contribution in [0.5, 0.6) is 0 Å². The number of fused-ring (bicyclic) bond motifs is 6. The number of aryl methyl sites for hydroxylation is 1. The van der Waals surface area contributed by atoms with E-state index in [1.165, 1.54) is 17.1 Å². The molecule has 15 heteroatoms. The van der Waals surface area contributed by atoms with Gasteiger partial charge in [-0.15, -0.1) is 0 Å². The van der Waals surface area contributed by atoms with Gasteiger partial charge in [0.15, 0.2) is 11.5 Å². The van der Waals surface area contributed by atoms with Gasteiger partial charge in [0.25, 0.3) is 0 Å².